The zero-order valence-corrected chi connectivity index (χ0v) is 6.88. The van der Waals surface area contributed by atoms with E-state index in [2.05, 4.69) is 0 Å². The summed E-state index contributed by atoms with van der Waals surface area (Å²) in [4.78, 5) is 0. The highest BCUT2D eigenvalue weighted by molar-refractivity contribution is 4.81. The molecule has 1 saturated heterocycles. The minimum atomic E-state index is -0.226. The number of hydrogen-bond acceptors (Lipinski definition) is 4. The van der Waals surface area contributed by atoms with Gasteiger partial charge < -0.3 is 20.9 Å². The Morgan fingerprint density at radius 2 is 1.73 bits per heavy atom. The Bertz CT molecular complexity index is 120. The van der Waals surface area contributed by atoms with E-state index in [1.54, 1.807) is 0 Å². The van der Waals surface area contributed by atoms with Crippen LogP contribution in [0.4, 0.5) is 0 Å². The predicted molar refractivity (Wildman–Crippen MR) is 41.9 cm³/mol. The lowest BCUT2D eigenvalue weighted by atomic mass is 9.90. The Morgan fingerprint density at radius 3 is 2.09 bits per heavy atom. The molecule has 0 aromatic rings. The first kappa shape index (κ1) is 8.93. The van der Waals surface area contributed by atoms with E-state index in [0.717, 1.165) is 0 Å². The second-order valence-electron chi connectivity index (χ2n) is 3.14. The van der Waals surface area contributed by atoms with Crippen molar-refractivity contribution < 1.29 is 9.47 Å². The highest BCUT2D eigenvalue weighted by atomic mass is 16.7. The third kappa shape index (κ3) is 1.70. The predicted octanol–water partition coefficient (Wildman–Crippen LogP) is -0.717. The van der Waals surface area contributed by atoms with Crippen LogP contribution in [-0.2, 0) is 9.47 Å². The van der Waals surface area contributed by atoms with Crippen molar-refractivity contribution in [2.75, 3.05) is 26.3 Å². The molecular weight excluding hydrogens is 144 g/mol. The van der Waals surface area contributed by atoms with E-state index >= 15 is 0 Å². The molecule has 1 aliphatic rings. The van der Waals surface area contributed by atoms with Crippen molar-refractivity contribution >= 4 is 0 Å². The molecule has 1 rings (SSSR count). The Morgan fingerprint density at radius 1 is 1.27 bits per heavy atom. The Balaban J connectivity index is 2.52. The summed E-state index contributed by atoms with van der Waals surface area (Å²) in [6, 6.07) is 0. The summed E-state index contributed by atoms with van der Waals surface area (Å²) in [6.45, 7) is 4.27. The maximum Gasteiger partial charge on any atom is 0.165 e. The fraction of sp³-hybridized carbons (Fsp3) is 1.00. The van der Waals surface area contributed by atoms with Crippen LogP contribution >= 0.6 is 0 Å². The van der Waals surface area contributed by atoms with Gasteiger partial charge in [0.25, 0.3) is 0 Å². The van der Waals surface area contributed by atoms with Gasteiger partial charge in [0, 0.05) is 18.5 Å². The molecule has 0 radical (unpaired) electrons. The van der Waals surface area contributed by atoms with Gasteiger partial charge in [0.15, 0.2) is 6.29 Å². The Hall–Kier alpha value is -0.160. The molecule has 1 aliphatic heterocycles. The first-order valence-electron chi connectivity index (χ1n) is 3.86. The fourth-order valence-electron chi connectivity index (χ4n) is 1.04. The average molecular weight is 160 g/mol. The molecule has 0 aromatic heterocycles. The van der Waals surface area contributed by atoms with Crippen LogP contribution in [-0.4, -0.2) is 32.6 Å². The maximum absolute atomic E-state index is 5.56. The van der Waals surface area contributed by atoms with E-state index in [1.165, 1.54) is 0 Å². The SMILES string of the molecule is CC(CN)(CN)C1OCCO1. The first-order chi connectivity index (χ1) is 5.23. The van der Waals surface area contributed by atoms with Crippen LogP contribution < -0.4 is 11.5 Å². The van der Waals surface area contributed by atoms with Crippen molar-refractivity contribution in [3.63, 3.8) is 0 Å². The van der Waals surface area contributed by atoms with Gasteiger partial charge in [-0.15, -0.1) is 0 Å². The van der Waals surface area contributed by atoms with Crippen molar-refractivity contribution in [2.45, 2.75) is 13.2 Å². The summed E-state index contributed by atoms with van der Waals surface area (Å²) in [5.41, 5.74) is 10.9. The molecule has 0 amide bonds. The quantitative estimate of drug-likeness (QED) is 0.572. The largest absolute Gasteiger partial charge is 0.350 e. The molecule has 4 nitrogen and oxygen atoms in total. The van der Waals surface area contributed by atoms with E-state index in [-0.39, 0.29) is 11.7 Å². The topological polar surface area (TPSA) is 70.5 Å². The highest BCUT2D eigenvalue weighted by Gasteiger charge is 2.36. The standard InChI is InChI=1S/C7H16N2O2/c1-7(4-8,5-9)6-10-2-3-11-6/h6H,2-5,8-9H2,1H3. The molecule has 0 bridgehead atoms. The van der Waals surface area contributed by atoms with Crippen molar-refractivity contribution in [3.8, 4) is 0 Å². The van der Waals surface area contributed by atoms with Crippen LogP contribution in [0, 0.1) is 5.41 Å². The van der Waals surface area contributed by atoms with Gasteiger partial charge in [-0.05, 0) is 0 Å². The molecule has 4 heteroatoms. The molecule has 66 valence electrons. The van der Waals surface area contributed by atoms with Gasteiger partial charge in [0.1, 0.15) is 0 Å². The molecule has 4 N–H and O–H groups in total. The Kier molecular flexibility index (Phi) is 2.84. The van der Waals surface area contributed by atoms with Crippen LogP contribution in [0.1, 0.15) is 6.92 Å². The second kappa shape index (κ2) is 3.49. The van der Waals surface area contributed by atoms with E-state index in [1.807, 2.05) is 6.92 Å². The summed E-state index contributed by atoms with van der Waals surface area (Å²) in [5, 5.41) is 0. The molecular formula is C7H16N2O2. The smallest absolute Gasteiger partial charge is 0.165 e. The zero-order chi connectivity index (χ0) is 8.32. The number of ether oxygens (including phenoxy) is 2. The van der Waals surface area contributed by atoms with Gasteiger partial charge >= 0.3 is 0 Å². The van der Waals surface area contributed by atoms with Crippen molar-refractivity contribution in [3.05, 3.63) is 0 Å². The van der Waals surface area contributed by atoms with Crippen molar-refractivity contribution in [1.29, 1.82) is 0 Å². The number of rotatable bonds is 3. The highest BCUT2D eigenvalue weighted by Crippen LogP contribution is 2.25. The van der Waals surface area contributed by atoms with Gasteiger partial charge in [-0.3, -0.25) is 0 Å². The molecule has 1 fully saturated rings. The van der Waals surface area contributed by atoms with Crippen LogP contribution in [0.3, 0.4) is 0 Å². The zero-order valence-electron chi connectivity index (χ0n) is 6.88. The molecule has 11 heavy (non-hydrogen) atoms. The lowest BCUT2D eigenvalue weighted by Gasteiger charge is -2.30. The third-order valence-electron chi connectivity index (χ3n) is 2.12. The summed E-state index contributed by atoms with van der Waals surface area (Å²) in [7, 11) is 0. The molecule has 0 aliphatic carbocycles. The molecule has 0 atom stereocenters. The summed E-state index contributed by atoms with van der Waals surface area (Å²) in [5.74, 6) is 0. The van der Waals surface area contributed by atoms with Gasteiger partial charge in [0.2, 0.25) is 0 Å². The van der Waals surface area contributed by atoms with E-state index < -0.39 is 0 Å². The van der Waals surface area contributed by atoms with E-state index in [4.69, 9.17) is 20.9 Å². The monoisotopic (exact) mass is 160 g/mol. The minimum absolute atomic E-state index is 0.211. The van der Waals surface area contributed by atoms with Gasteiger partial charge in [-0.25, -0.2) is 0 Å². The van der Waals surface area contributed by atoms with Gasteiger partial charge in [0.05, 0.1) is 13.2 Å². The molecule has 0 spiro atoms. The van der Waals surface area contributed by atoms with Gasteiger partial charge in [-0.2, -0.15) is 0 Å². The second-order valence-corrected chi connectivity index (χ2v) is 3.14. The molecule has 1 heterocycles. The minimum Gasteiger partial charge on any atom is -0.350 e. The average Bonchev–Trinajstić information content (AvgIpc) is 2.55. The first-order valence-corrected chi connectivity index (χ1v) is 3.86. The van der Waals surface area contributed by atoms with Crippen LogP contribution in [0.2, 0.25) is 0 Å². The fourth-order valence-corrected chi connectivity index (χ4v) is 1.04. The maximum atomic E-state index is 5.56. The number of hydrogen-bond donors (Lipinski definition) is 2. The van der Waals surface area contributed by atoms with E-state index in [0.29, 0.717) is 26.3 Å². The normalized spacial score (nSPS) is 21.0. The summed E-state index contributed by atoms with van der Waals surface area (Å²) >= 11 is 0. The van der Waals surface area contributed by atoms with Crippen LogP contribution in [0.5, 0.6) is 0 Å². The molecule has 0 unspecified atom stereocenters. The van der Waals surface area contributed by atoms with Gasteiger partial charge in [-0.1, -0.05) is 6.92 Å². The summed E-state index contributed by atoms with van der Waals surface area (Å²) in [6.07, 6.45) is -0.211. The van der Waals surface area contributed by atoms with Crippen molar-refractivity contribution in [1.82, 2.24) is 0 Å². The van der Waals surface area contributed by atoms with E-state index in [9.17, 15) is 0 Å². The lowest BCUT2D eigenvalue weighted by Crippen LogP contribution is -2.45. The Labute approximate surface area is 66.8 Å². The lowest BCUT2D eigenvalue weighted by molar-refractivity contribution is -0.119. The van der Waals surface area contributed by atoms with Crippen LogP contribution in [0.25, 0.3) is 0 Å². The summed E-state index contributed by atoms with van der Waals surface area (Å²) < 4.78 is 10.6. The molecule has 0 saturated carbocycles. The third-order valence-corrected chi connectivity index (χ3v) is 2.12. The molecule has 0 aromatic carbocycles. The van der Waals surface area contributed by atoms with Crippen molar-refractivity contribution in [2.24, 2.45) is 16.9 Å². The number of nitrogens with two attached hydrogens (primary N) is 2. The van der Waals surface area contributed by atoms with Crippen LogP contribution in [0.15, 0.2) is 0 Å².